The van der Waals surface area contributed by atoms with E-state index in [1.807, 2.05) is 24.3 Å². The Morgan fingerprint density at radius 3 is 2.12 bits per heavy atom. The third-order valence-electron chi connectivity index (χ3n) is 4.18. The Balaban J connectivity index is 3.14. The maximum atomic E-state index is 11.6. The lowest BCUT2D eigenvalue weighted by Crippen LogP contribution is -2.25. The predicted molar refractivity (Wildman–Crippen MR) is 95.9 cm³/mol. The van der Waals surface area contributed by atoms with Crippen LogP contribution in [-0.2, 0) is 4.79 Å². The quantitative estimate of drug-likeness (QED) is 0.803. The van der Waals surface area contributed by atoms with Gasteiger partial charge in [-0.25, -0.2) is 0 Å². The Labute approximate surface area is 141 Å². The van der Waals surface area contributed by atoms with E-state index in [1.54, 1.807) is 26.8 Å². The van der Waals surface area contributed by atoms with E-state index in [-0.39, 0.29) is 18.0 Å². The summed E-state index contributed by atoms with van der Waals surface area (Å²) in [5.41, 5.74) is 1.19. The van der Waals surface area contributed by atoms with Gasteiger partial charge in [-0.2, -0.15) is 0 Å². The number of aliphatic hydroxyl groups excluding tert-OH is 3. The molecule has 24 heavy (non-hydrogen) atoms. The number of Topliss-reactive ketones (excluding diaryl/α,β-unsaturated/α-hetero) is 1. The van der Waals surface area contributed by atoms with Gasteiger partial charge in [0.05, 0.1) is 18.0 Å². The largest absolute Gasteiger partial charge is 0.512 e. The normalized spacial score (nSPS) is 16.6. The summed E-state index contributed by atoms with van der Waals surface area (Å²) in [5, 5.41) is 33.4. The van der Waals surface area contributed by atoms with Crippen molar-refractivity contribution in [2.45, 2.75) is 46.3 Å². The molecule has 0 saturated carbocycles. The summed E-state index contributed by atoms with van der Waals surface area (Å²) in [6, 6.07) is 9.26. The van der Waals surface area contributed by atoms with Gasteiger partial charge in [-0.3, -0.25) is 4.79 Å². The van der Waals surface area contributed by atoms with Crippen molar-refractivity contribution in [1.82, 2.24) is 0 Å². The SMILES string of the molecule is CC(=O)CC(=c1cc(C(C)O)c(=C(C)O)c2ccccc12)C(C)O. The summed E-state index contributed by atoms with van der Waals surface area (Å²) < 4.78 is 0. The van der Waals surface area contributed by atoms with E-state index < -0.39 is 12.2 Å². The highest BCUT2D eigenvalue weighted by Crippen LogP contribution is 2.16. The predicted octanol–water partition coefficient (Wildman–Crippen LogP) is 2.09. The third kappa shape index (κ3) is 3.50. The van der Waals surface area contributed by atoms with Crippen LogP contribution in [0.25, 0.3) is 22.1 Å². The molecule has 2 aromatic carbocycles. The fraction of sp³-hybridized carbons (Fsp3) is 0.350. The molecule has 0 spiro atoms. The topological polar surface area (TPSA) is 77.8 Å². The molecule has 0 aromatic heterocycles. The minimum Gasteiger partial charge on any atom is -0.512 e. The lowest BCUT2D eigenvalue weighted by molar-refractivity contribution is -0.116. The van der Waals surface area contributed by atoms with Gasteiger partial charge in [-0.15, -0.1) is 0 Å². The fourth-order valence-corrected chi connectivity index (χ4v) is 3.13. The molecule has 2 aromatic rings. The molecule has 0 aliphatic heterocycles. The number of fused-ring (bicyclic) bond motifs is 1. The monoisotopic (exact) mass is 328 g/mol. The molecule has 4 nitrogen and oxygen atoms in total. The van der Waals surface area contributed by atoms with Gasteiger partial charge in [0, 0.05) is 11.6 Å². The van der Waals surface area contributed by atoms with Crippen LogP contribution in [0.2, 0.25) is 0 Å². The van der Waals surface area contributed by atoms with Gasteiger partial charge in [0.2, 0.25) is 0 Å². The summed E-state index contributed by atoms with van der Waals surface area (Å²) >= 11 is 0. The second-order valence-corrected chi connectivity index (χ2v) is 6.28. The second kappa shape index (κ2) is 7.16. The first kappa shape index (κ1) is 18.2. The molecule has 0 heterocycles. The number of hydrogen-bond acceptors (Lipinski definition) is 4. The molecular weight excluding hydrogens is 304 g/mol. The van der Waals surface area contributed by atoms with Gasteiger partial charge in [0.1, 0.15) is 5.78 Å². The second-order valence-electron chi connectivity index (χ2n) is 6.28. The van der Waals surface area contributed by atoms with Crippen molar-refractivity contribution in [1.29, 1.82) is 0 Å². The third-order valence-corrected chi connectivity index (χ3v) is 4.18. The van der Waals surface area contributed by atoms with Gasteiger partial charge in [0.15, 0.2) is 0 Å². The molecule has 2 atom stereocenters. The average molecular weight is 328 g/mol. The average Bonchev–Trinajstić information content (AvgIpc) is 2.50. The van der Waals surface area contributed by atoms with Crippen molar-refractivity contribution < 1.29 is 20.1 Å². The van der Waals surface area contributed by atoms with Crippen LogP contribution < -0.4 is 10.4 Å². The maximum absolute atomic E-state index is 11.6. The van der Waals surface area contributed by atoms with E-state index in [9.17, 15) is 20.1 Å². The van der Waals surface area contributed by atoms with Crippen molar-refractivity contribution in [3.8, 4) is 0 Å². The minimum atomic E-state index is -0.793. The Morgan fingerprint density at radius 2 is 1.67 bits per heavy atom. The zero-order valence-electron chi connectivity index (χ0n) is 14.5. The Morgan fingerprint density at radius 1 is 1.08 bits per heavy atom. The molecule has 0 aliphatic carbocycles. The Bertz CT molecular complexity index is 888. The molecule has 0 aliphatic rings. The highest BCUT2D eigenvalue weighted by molar-refractivity contribution is 5.91. The van der Waals surface area contributed by atoms with E-state index in [1.165, 1.54) is 6.92 Å². The summed E-state index contributed by atoms with van der Waals surface area (Å²) in [6.07, 6.45) is -1.44. The molecule has 0 fully saturated rings. The van der Waals surface area contributed by atoms with E-state index in [0.29, 0.717) is 16.4 Å². The van der Waals surface area contributed by atoms with Crippen LogP contribution in [0.4, 0.5) is 0 Å². The van der Waals surface area contributed by atoms with Crippen molar-refractivity contribution in [3.63, 3.8) is 0 Å². The van der Waals surface area contributed by atoms with Crippen LogP contribution in [0.3, 0.4) is 0 Å². The number of carbonyl (C=O) groups excluding carboxylic acids is 1. The van der Waals surface area contributed by atoms with Crippen LogP contribution in [0.5, 0.6) is 0 Å². The van der Waals surface area contributed by atoms with Gasteiger partial charge >= 0.3 is 0 Å². The van der Waals surface area contributed by atoms with Gasteiger partial charge in [-0.05, 0) is 60.9 Å². The number of ketones is 1. The number of carbonyl (C=O) groups is 1. The van der Waals surface area contributed by atoms with Gasteiger partial charge in [-0.1, -0.05) is 24.3 Å². The Kier molecular flexibility index (Phi) is 5.42. The number of aliphatic hydroxyl groups is 3. The zero-order valence-corrected chi connectivity index (χ0v) is 14.5. The van der Waals surface area contributed by atoms with Crippen molar-refractivity contribution in [2.24, 2.45) is 0 Å². The fourth-order valence-electron chi connectivity index (χ4n) is 3.13. The molecule has 2 unspecified atom stereocenters. The van der Waals surface area contributed by atoms with Crippen molar-refractivity contribution >= 4 is 27.9 Å². The highest BCUT2D eigenvalue weighted by atomic mass is 16.3. The van der Waals surface area contributed by atoms with E-state index in [2.05, 4.69) is 0 Å². The van der Waals surface area contributed by atoms with Crippen LogP contribution in [0.15, 0.2) is 30.3 Å². The first-order valence-corrected chi connectivity index (χ1v) is 8.04. The van der Waals surface area contributed by atoms with Crippen molar-refractivity contribution in [2.75, 3.05) is 0 Å². The molecular formula is C20H24O4. The van der Waals surface area contributed by atoms with Crippen LogP contribution >= 0.6 is 0 Å². The van der Waals surface area contributed by atoms with E-state index in [4.69, 9.17) is 0 Å². The minimum absolute atomic E-state index is 0.0393. The summed E-state index contributed by atoms with van der Waals surface area (Å²) in [5.74, 6) is 0.0846. The molecule has 0 bridgehead atoms. The molecule has 3 N–H and O–H groups in total. The maximum Gasteiger partial charge on any atom is 0.133 e. The number of benzene rings is 2. The summed E-state index contributed by atoms with van der Waals surface area (Å²) in [7, 11) is 0. The highest BCUT2D eigenvalue weighted by Gasteiger charge is 2.15. The van der Waals surface area contributed by atoms with Crippen molar-refractivity contribution in [3.05, 3.63) is 46.3 Å². The molecule has 128 valence electrons. The molecule has 0 amide bonds. The standard InChI is InChI=1S/C20H24O4/c1-11(21)9-17(12(2)22)19-10-18(13(3)23)20(14(4)24)16-8-6-5-7-15(16)19/h5-8,10,12-13,22-24H,9H2,1-4H3. The van der Waals surface area contributed by atoms with Gasteiger partial charge in [0.25, 0.3) is 0 Å². The summed E-state index contributed by atoms with van der Waals surface area (Å²) in [4.78, 5) is 11.6. The van der Waals surface area contributed by atoms with E-state index in [0.717, 1.165) is 16.0 Å². The number of rotatable bonds is 4. The number of hydrogen-bond donors (Lipinski definition) is 3. The van der Waals surface area contributed by atoms with E-state index >= 15 is 0 Å². The lowest BCUT2D eigenvalue weighted by atomic mass is 9.92. The summed E-state index contributed by atoms with van der Waals surface area (Å²) in [6.45, 7) is 6.34. The first-order valence-electron chi connectivity index (χ1n) is 8.04. The van der Waals surface area contributed by atoms with Crippen LogP contribution in [0.1, 0.15) is 45.8 Å². The smallest absolute Gasteiger partial charge is 0.133 e. The van der Waals surface area contributed by atoms with Crippen LogP contribution in [0, 0.1) is 0 Å². The molecule has 2 rings (SSSR count). The lowest BCUT2D eigenvalue weighted by Gasteiger charge is -2.15. The molecule has 4 heteroatoms. The first-order chi connectivity index (χ1) is 11.2. The van der Waals surface area contributed by atoms with Crippen LogP contribution in [-0.4, -0.2) is 27.2 Å². The van der Waals surface area contributed by atoms with Gasteiger partial charge < -0.3 is 15.3 Å². The molecule has 0 saturated heterocycles. The Hall–Kier alpha value is -2.17. The zero-order chi connectivity index (χ0) is 18.0. The molecule has 0 radical (unpaired) electrons.